The maximum Gasteiger partial charge on any atom is 0.221 e. The fraction of sp³-hybridized carbons (Fsp3) is 0.0500. The van der Waals surface area contributed by atoms with Crippen LogP contribution in [0.25, 0.3) is 28.6 Å². The average molecular weight is 356 g/mol. The highest BCUT2D eigenvalue weighted by molar-refractivity contribution is 5.89. The van der Waals surface area contributed by atoms with Gasteiger partial charge in [0, 0.05) is 49.3 Å². The number of carbonyl (C=O) groups excluding carboxylic acids is 1. The number of nitrogens with one attached hydrogen (secondary N) is 1. The summed E-state index contributed by atoms with van der Waals surface area (Å²) in [6.07, 6.45) is 8.74. The number of imidazole rings is 1. The highest BCUT2D eigenvalue weighted by atomic mass is 16.1. The molecule has 0 radical (unpaired) electrons. The summed E-state index contributed by atoms with van der Waals surface area (Å²) in [6.45, 7) is 1.48. The quantitative estimate of drug-likeness (QED) is 0.606. The van der Waals surface area contributed by atoms with E-state index < -0.39 is 0 Å². The molecule has 7 nitrogen and oxygen atoms in total. The van der Waals surface area contributed by atoms with Gasteiger partial charge in [0.15, 0.2) is 5.82 Å². The van der Waals surface area contributed by atoms with Gasteiger partial charge in [-0.25, -0.2) is 15.0 Å². The number of amides is 1. The van der Waals surface area contributed by atoms with Crippen LogP contribution in [0.1, 0.15) is 6.92 Å². The van der Waals surface area contributed by atoms with Gasteiger partial charge in [0.1, 0.15) is 11.5 Å². The van der Waals surface area contributed by atoms with E-state index in [2.05, 4.69) is 25.3 Å². The number of carbonyl (C=O) groups is 1. The Hall–Kier alpha value is -3.87. The number of anilines is 1. The lowest BCUT2D eigenvalue weighted by atomic mass is 10.2. The highest BCUT2D eigenvalue weighted by Crippen LogP contribution is 2.23. The van der Waals surface area contributed by atoms with Crippen molar-refractivity contribution in [3.05, 3.63) is 73.4 Å². The first-order valence-electron chi connectivity index (χ1n) is 8.36. The SMILES string of the molecule is CC(=O)Nc1cccc(-n2ccnc2-c2cnc(-c3ccccn3)nc2)c1. The standard InChI is InChI=1S/C20H16N6O/c1-14(27)25-16-5-4-6-17(11-16)26-10-9-22-20(26)15-12-23-19(24-13-15)18-7-2-3-8-21-18/h2-13H,1H3,(H,25,27). The summed E-state index contributed by atoms with van der Waals surface area (Å²) in [6, 6.07) is 13.2. The van der Waals surface area contributed by atoms with Crippen LogP contribution in [-0.2, 0) is 4.79 Å². The zero-order valence-corrected chi connectivity index (χ0v) is 14.6. The van der Waals surface area contributed by atoms with E-state index in [0.29, 0.717) is 11.6 Å². The number of pyridine rings is 1. The molecule has 0 aliphatic carbocycles. The Bertz CT molecular complexity index is 1070. The van der Waals surface area contributed by atoms with Crippen LogP contribution < -0.4 is 5.32 Å². The lowest BCUT2D eigenvalue weighted by Crippen LogP contribution is -2.06. The molecule has 27 heavy (non-hydrogen) atoms. The van der Waals surface area contributed by atoms with Crippen LogP contribution in [0.2, 0.25) is 0 Å². The molecule has 0 atom stereocenters. The van der Waals surface area contributed by atoms with Gasteiger partial charge in [0.2, 0.25) is 5.91 Å². The molecular formula is C20H16N6O. The minimum absolute atomic E-state index is 0.114. The maximum absolute atomic E-state index is 11.3. The molecular weight excluding hydrogens is 340 g/mol. The smallest absolute Gasteiger partial charge is 0.221 e. The Balaban J connectivity index is 1.67. The molecule has 132 valence electrons. The summed E-state index contributed by atoms with van der Waals surface area (Å²) in [7, 11) is 0. The van der Waals surface area contributed by atoms with Crippen molar-refractivity contribution in [2.45, 2.75) is 6.92 Å². The van der Waals surface area contributed by atoms with Crippen LogP contribution in [0, 0.1) is 0 Å². The van der Waals surface area contributed by atoms with E-state index in [1.54, 1.807) is 24.8 Å². The van der Waals surface area contributed by atoms with Crippen molar-refractivity contribution in [2.75, 3.05) is 5.32 Å². The monoisotopic (exact) mass is 356 g/mol. The second-order valence-corrected chi connectivity index (χ2v) is 5.86. The Morgan fingerprint density at radius 3 is 2.56 bits per heavy atom. The van der Waals surface area contributed by atoms with Crippen molar-refractivity contribution in [1.29, 1.82) is 0 Å². The van der Waals surface area contributed by atoms with Gasteiger partial charge >= 0.3 is 0 Å². The third kappa shape index (κ3) is 3.57. The Labute approximate surface area is 155 Å². The summed E-state index contributed by atoms with van der Waals surface area (Å²) in [4.78, 5) is 28.8. The van der Waals surface area contributed by atoms with Crippen molar-refractivity contribution in [3.8, 4) is 28.6 Å². The number of hydrogen-bond acceptors (Lipinski definition) is 5. The summed E-state index contributed by atoms with van der Waals surface area (Å²) >= 11 is 0. The summed E-state index contributed by atoms with van der Waals surface area (Å²) in [5, 5.41) is 2.79. The fourth-order valence-electron chi connectivity index (χ4n) is 2.73. The molecule has 1 aromatic carbocycles. The Morgan fingerprint density at radius 2 is 1.81 bits per heavy atom. The van der Waals surface area contributed by atoms with Crippen LogP contribution in [0.3, 0.4) is 0 Å². The van der Waals surface area contributed by atoms with Crippen LogP contribution in [0.4, 0.5) is 5.69 Å². The summed E-state index contributed by atoms with van der Waals surface area (Å²) < 4.78 is 1.92. The van der Waals surface area contributed by atoms with Crippen molar-refractivity contribution < 1.29 is 4.79 Å². The van der Waals surface area contributed by atoms with E-state index in [1.807, 2.05) is 53.2 Å². The van der Waals surface area contributed by atoms with Gasteiger partial charge in [0.25, 0.3) is 0 Å². The van der Waals surface area contributed by atoms with Gasteiger partial charge in [-0.1, -0.05) is 12.1 Å². The lowest BCUT2D eigenvalue weighted by Gasteiger charge is -2.10. The largest absolute Gasteiger partial charge is 0.326 e. The van der Waals surface area contributed by atoms with Gasteiger partial charge < -0.3 is 5.32 Å². The normalized spacial score (nSPS) is 10.6. The minimum atomic E-state index is -0.114. The van der Waals surface area contributed by atoms with Crippen LogP contribution in [0.5, 0.6) is 0 Å². The molecule has 0 aliphatic heterocycles. The van der Waals surface area contributed by atoms with Gasteiger partial charge in [-0.15, -0.1) is 0 Å². The van der Waals surface area contributed by atoms with Gasteiger partial charge in [-0.3, -0.25) is 14.3 Å². The molecule has 4 rings (SSSR count). The molecule has 1 amide bonds. The number of aromatic nitrogens is 5. The van der Waals surface area contributed by atoms with Crippen LogP contribution in [0.15, 0.2) is 73.4 Å². The van der Waals surface area contributed by atoms with Crippen LogP contribution >= 0.6 is 0 Å². The Kier molecular flexibility index (Phi) is 4.40. The third-order valence-electron chi connectivity index (χ3n) is 3.89. The molecule has 0 saturated carbocycles. The molecule has 3 heterocycles. The van der Waals surface area contributed by atoms with Crippen molar-refractivity contribution in [3.63, 3.8) is 0 Å². The molecule has 0 unspecified atom stereocenters. The molecule has 4 aromatic rings. The van der Waals surface area contributed by atoms with Crippen molar-refractivity contribution >= 4 is 11.6 Å². The highest BCUT2D eigenvalue weighted by Gasteiger charge is 2.10. The van der Waals surface area contributed by atoms with Crippen LogP contribution in [-0.4, -0.2) is 30.4 Å². The third-order valence-corrected chi connectivity index (χ3v) is 3.89. The predicted octanol–water partition coefficient (Wildman–Crippen LogP) is 3.35. The summed E-state index contributed by atoms with van der Waals surface area (Å²) in [5.74, 6) is 1.16. The van der Waals surface area contributed by atoms with Gasteiger partial charge in [0.05, 0.1) is 5.56 Å². The molecule has 0 fully saturated rings. The average Bonchev–Trinajstić information content (AvgIpc) is 3.18. The molecule has 3 aromatic heterocycles. The van der Waals surface area contributed by atoms with E-state index in [9.17, 15) is 4.79 Å². The molecule has 0 saturated heterocycles. The van der Waals surface area contributed by atoms with E-state index in [0.717, 1.165) is 22.6 Å². The minimum Gasteiger partial charge on any atom is -0.326 e. The predicted molar refractivity (Wildman–Crippen MR) is 102 cm³/mol. The van der Waals surface area contributed by atoms with Gasteiger partial charge in [-0.2, -0.15) is 0 Å². The second kappa shape index (κ2) is 7.17. The molecule has 0 bridgehead atoms. The number of benzene rings is 1. The van der Waals surface area contributed by atoms with E-state index in [1.165, 1.54) is 6.92 Å². The molecule has 0 aliphatic rings. The maximum atomic E-state index is 11.3. The molecule has 1 N–H and O–H groups in total. The van der Waals surface area contributed by atoms with Crippen molar-refractivity contribution in [1.82, 2.24) is 24.5 Å². The zero-order chi connectivity index (χ0) is 18.6. The number of hydrogen-bond donors (Lipinski definition) is 1. The first kappa shape index (κ1) is 16.6. The number of nitrogens with zero attached hydrogens (tertiary/aromatic N) is 5. The molecule has 7 heteroatoms. The lowest BCUT2D eigenvalue weighted by molar-refractivity contribution is -0.114. The first-order valence-corrected chi connectivity index (χ1v) is 8.36. The van der Waals surface area contributed by atoms with E-state index in [-0.39, 0.29) is 5.91 Å². The van der Waals surface area contributed by atoms with E-state index in [4.69, 9.17) is 0 Å². The van der Waals surface area contributed by atoms with E-state index >= 15 is 0 Å². The first-order chi connectivity index (χ1) is 13.2. The molecule has 0 spiro atoms. The number of rotatable bonds is 4. The van der Waals surface area contributed by atoms with Crippen molar-refractivity contribution in [2.24, 2.45) is 0 Å². The fourth-order valence-corrected chi connectivity index (χ4v) is 2.73. The Morgan fingerprint density at radius 1 is 0.963 bits per heavy atom. The topological polar surface area (TPSA) is 85.6 Å². The second-order valence-electron chi connectivity index (χ2n) is 5.86. The zero-order valence-electron chi connectivity index (χ0n) is 14.6. The summed E-state index contributed by atoms with van der Waals surface area (Å²) in [5.41, 5.74) is 3.10. The van der Waals surface area contributed by atoms with Gasteiger partial charge in [-0.05, 0) is 30.3 Å².